The minimum absolute atomic E-state index is 0.164. The normalized spacial score (nSPS) is 18.4. The molecule has 0 spiro atoms. The molecule has 130 valence electrons. The molecule has 0 aromatic heterocycles. The zero-order valence-corrected chi connectivity index (χ0v) is 15.3. The fourth-order valence-corrected chi connectivity index (χ4v) is 4.31. The molecule has 0 saturated carbocycles. The van der Waals surface area contributed by atoms with Crippen molar-refractivity contribution in [2.24, 2.45) is 5.92 Å². The first-order valence-electron chi connectivity index (χ1n) is 9.09. The van der Waals surface area contributed by atoms with Crippen LogP contribution >= 0.6 is 11.8 Å². The first kappa shape index (κ1) is 17.6. The van der Waals surface area contributed by atoms with E-state index >= 15 is 0 Å². The Morgan fingerprint density at radius 1 is 1.33 bits per heavy atom. The summed E-state index contributed by atoms with van der Waals surface area (Å²) in [6.07, 6.45) is 9.04. The first-order chi connectivity index (χ1) is 11.8. The number of carbonyl (C=O) groups excluding carboxylic acids is 1. The van der Waals surface area contributed by atoms with Gasteiger partial charge in [0.1, 0.15) is 0 Å². The molecule has 24 heavy (non-hydrogen) atoms. The van der Waals surface area contributed by atoms with E-state index in [1.54, 1.807) is 11.8 Å². The largest absolute Gasteiger partial charge is 0.462 e. The van der Waals surface area contributed by atoms with Crippen molar-refractivity contribution in [2.45, 2.75) is 37.5 Å². The molecular formula is C20H27NO2S. The molecule has 0 atom stereocenters. The number of carbonyl (C=O) groups is 1. The van der Waals surface area contributed by atoms with Crippen LogP contribution < -0.4 is 0 Å². The minimum Gasteiger partial charge on any atom is -0.462 e. The maximum atomic E-state index is 12.5. The van der Waals surface area contributed by atoms with E-state index in [2.05, 4.69) is 30.0 Å². The van der Waals surface area contributed by atoms with Gasteiger partial charge in [0.15, 0.2) is 0 Å². The summed E-state index contributed by atoms with van der Waals surface area (Å²) >= 11 is 1.72. The first-order valence-corrected chi connectivity index (χ1v) is 10.1. The smallest absolute Gasteiger partial charge is 0.339 e. The number of hydrogen-bond donors (Lipinski definition) is 0. The number of unbranched alkanes of at least 4 members (excludes halogenated alkanes) is 1. The van der Waals surface area contributed by atoms with Gasteiger partial charge in [-0.3, -0.25) is 0 Å². The van der Waals surface area contributed by atoms with E-state index in [0.29, 0.717) is 12.5 Å². The number of piperidine rings is 1. The molecule has 1 aromatic carbocycles. The standard InChI is InChI=1S/C20H27NO2S/c1-2-3-11-21-12-9-16(10-13-21)15-23-20(22)18-8-4-6-17-7-5-14-24-19(17)18/h4-8,16H,2-3,9-15H2,1H3. The van der Waals surface area contributed by atoms with Gasteiger partial charge in [0.25, 0.3) is 0 Å². The monoisotopic (exact) mass is 345 g/mol. The predicted octanol–water partition coefficient (Wildman–Crippen LogP) is 4.47. The number of benzene rings is 1. The molecule has 1 saturated heterocycles. The Kier molecular flexibility index (Phi) is 6.38. The lowest BCUT2D eigenvalue weighted by molar-refractivity contribution is 0.0368. The van der Waals surface area contributed by atoms with E-state index < -0.39 is 0 Å². The van der Waals surface area contributed by atoms with Gasteiger partial charge in [-0.1, -0.05) is 37.6 Å². The SMILES string of the molecule is CCCCN1CCC(COC(=O)c2cccc3c2SCC=C3)CC1. The van der Waals surface area contributed by atoms with Crippen molar-refractivity contribution in [3.8, 4) is 0 Å². The highest BCUT2D eigenvalue weighted by Crippen LogP contribution is 2.32. The second-order valence-electron chi connectivity index (χ2n) is 6.67. The van der Waals surface area contributed by atoms with Crippen LogP contribution in [0.1, 0.15) is 48.5 Å². The number of nitrogens with zero attached hydrogens (tertiary/aromatic N) is 1. The van der Waals surface area contributed by atoms with Crippen molar-refractivity contribution >= 4 is 23.8 Å². The van der Waals surface area contributed by atoms with Crippen molar-refractivity contribution in [3.05, 3.63) is 35.4 Å². The predicted molar refractivity (Wildman–Crippen MR) is 101 cm³/mol. The van der Waals surface area contributed by atoms with Crippen molar-refractivity contribution < 1.29 is 9.53 Å². The van der Waals surface area contributed by atoms with Crippen molar-refractivity contribution in [1.82, 2.24) is 4.90 Å². The molecule has 0 aliphatic carbocycles. The summed E-state index contributed by atoms with van der Waals surface area (Å²) in [6.45, 7) is 6.30. The second kappa shape index (κ2) is 8.72. The van der Waals surface area contributed by atoms with Crippen molar-refractivity contribution in [2.75, 3.05) is 32.0 Å². The Hall–Kier alpha value is -1.26. The van der Waals surface area contributed by atoms with Crippen LogP contribution in [0.2, 0.25) is 0 Å². The van der Waals surface area contributed by atoms with Gasteiger partial charge >= 0.3 is 5.97 Å². The molecule has 2 aliphatic rings. The molecule has 4 heteroatoms. The van der Waals surface area contributed by atoms with Gasteiger partial charge in [-0.2, -0.15) is 0 Å². The third kappa shape index (κ3) is 4.42. The second-order valence-corrected chi connectivity index (χ2v) is 7.70. The third-order valence-electron chi connectivity index (χ3n) is 4.87. The van der Waals surface area contributed by atoms with Crippen LogP contribution in [-0.4, -0.2) is 42.9 Å². The molecule has 0 bridgehead atoms. The molecule has 0 unspecified atom stereocenters. The van der Waals surface area contributed by atoms with Crippen molar-refractivity contribution in [3.63, 3.8) is 0 Å². The zero-order chi connectivity index (χ0) is 16.8. The van der Waals surface area contributed by atoms with Crippen LogP contribution in [0.3, 0.4) is 0 Å². The van der Waals surface area contributed by atoms with Crippen LogP contribution in [0.4, 0.5) is 0 Å². The van der Waals surface area contributed by atoms with E-state index in [1.165, 1.54) is 19.4 Å². The third-order valence-corrected chi connectivity index (χ3v) is 5.98. The molecule has 3 rings (SSSR count). The fraction of sp³-hybridized carbons (Fsp3) is 0.550. The number of thioether (sulfide) groups is 1. The molecule has 0 radical (unpaired) electrons. The van der Waals surface area contributed by atoms with Gasteiger partial charge in [-0.15, -0.1) is 11.8 Å². The number of fused-ring (bicyclic) bond motifs is 1. The molecule has 2 aliphatic heterocycles. The Labute approximate surface area is 149 Å². The maximum absolute atomic E-state index is 12.5. The number of hydrogen-bond acceptors (Lipinski definition) is 4. The van der Waals surface area contributed by atoms with Gasteiger partial charge < -0.3 is 9.64 Å². The summed E-state index contributed by atoms with van der Waals surface area (Å²) in [4.78, 5) is 16.1. The Morgan fingerprint density at radius 3 is 2.96 bits per heavy atom. The minimum atomic E-state index is -0.164. The van der Waals surface area contributed by atoms with Crippen LogP contribution in [0, 0.1) is 5.92 Å². The number of esters is 1. The lowest BCUT2D eigenvalue weighted by Crippen LogP contribution is -2.36. The lowest BCUT2D eigenvalue weighted by atomic mass is 9.97. The summed E-state index contributed by atoms with van der Waals surface area (Å²) in [5.74, 6) is 1.27. The van der Waals surface area contributed by atoms with E-state index in [9.17, 15) is 4.79 Å². The van der Waals surface area contributed by atoms with Gasteiger partial charge in [-0.25, -0.2) is 4.79 Å². The summed E-state index contributed by atoms with van der Waals surface area (Å²) in [5.41, 5.74) is 1.85. The molecule has 0 N–H and O–H groups in total. The molecule has 1 fully saturated rings. The molecular weight excluding hydrogens is 318 g/mol. The fourth-order valence-electron chi connectivity index (χ4n) is 3.34. The van der Waals surface area contributed by atoms with Crippen LogP contribution in [0.5, 0.6) is 0 Å². The summed E-state index contributed by atoms with van der Waals surface area (Å²) in [6, 6.07) is 5.89. The van der Waals surface area contributed by atoms with Crippen molar-refractivity contribution in [1.29, 1.82) is 0 Å². The average Bonchev–Trinajstić information content (AvgIpc) is 2.64. The van der Waals surface area contributed by atoms with Crippen LogP contribution in [0.15, 0.2) is 29.2 Å². The lowest BCUT2D eigenvalue weighted by Gasteiger charge is -2.31. The molecule has 1 aromatic rings. The van der Waals surface area contributed by atoms with Gasteiger partial charge in [0.05, 0.1) is 12.2 Å². The molecule has 2 heterocycles. The summed E-state index contributed by atoms with van der Waals surface area (Å²) in [5, 5.41) is 0. The van der Waals surface area contributed by atoms with Gasteiger partial charge in [-0.05, 0) is 56.4 Å². The van der Waals surface area contributed by atoms with E-state index in [4.69, 9.17) is 4.74 Å². The van der Waals surface area contributed by atoms with Gasteiger partial charge in [0.2, 0.25) is 0 Å². The highest BCUT2D eigenvalue weighted by molar-refractivity contribution is 7.99. The molecule has 0 amide bonds. The topological polar surface area (TPSA) is 29.5 Å². The highest BCUT2D eigenvalue weighted by atomic mass is 32.2. The zero-order valence-electron chi connectivity index (χ0n) is 14.5. The van der Waals surface area contributed by atoms with E-state index in [1.807, 2.05) is 12.1 Å². The number of likely N-dealkylation sites (tertiary alicyclic amines) is 1. The summed E-state index contributed by atoms with van der Waals surface area (Å²) < 4.78 is 5.66. The summed E-state index contributed by atoms with van der Waals surface area (Å²) in [7, 11) is 0. The van der Waals surface area contributed by atoms with E-state index in [0.717, 1.165) is 47.7 Å². The number of rotatable bonds is 6. The average molecular weight is 346 g/mol. The Bertz CT molecular complexity index is 591. The molecule has 3 nitrogen and oxygen atoms in total. The quantitative estimate of drug-likeness (QED) is 0.711. The van der Waals surface area contributed by atoms with E-state index in [-0.39, 0.29) is 5.97 Å². The van der Waals surface area contributed by atoms with Crippen LogP contribution in [-0.2, 0) is 4.74 Å². The van der Waals surface area contributed by atoms with Crippen LogP contribution in [0.25, 0.3) is 6.08 Å². The highest BCUT2D eigenvalue weighted by Gasteiger charge is 2.22. The number of ether oxygens (including phenoxy) is 1. The Morgan fingerprint density at radius 2 is 2.17 bits per heavy atom. The Balaban J connectivity index is 1.49. The van der Waals surface area contributed by atoms with Gasteiger partial charge in [0, 0.05) is 10.6 Å². The maximum Gasteiger partial charge on any atom is 0.339 e.